The normalized spacial score (nSPS) is 13.1. The minimum absolute atomic E-state index is 0.0555. The maximum Gasteiger partial charge on any atom is 0.0541 e. The van der Waals surface area contributed by atoms with Gasteiger partial charge in [0.1, 0.15) is 0 Å². The molecule has 1 aliphatic rings. The van der Waals surface area contributed by atoms with Crippen LogP contribution in [0.5, 0.6) is 0 Å². The average molecular weight is 753 g/mol. The zero-order valence-corrected chi connectivity index (χ0v) is 33.0. The molecule has 0 saturated carbocycles. The predicted molar refractivity (Wildman–Crippen MR) is 249 cm³/mol. The molecule has 2 heterocycles. The van der Waals surface area contributed by atoms with E-state index < -0.39 is 0 Å². The first kappa shape index (κ1) is 33.7. The molecule has 1 aliphatic carbocycles. The van der Waals surface area contributed by atoms with Crippen LogP contribution in [0.15, 0.2) is 206 Å². The Hall–Kier alpha value is -7.42. The van der Waals surface area contributed by atoms with Gasteiger partial charge in [-0.1, -0.05) is 159 Å². The second kappa shape index (κ2) is 12.8. The van der Waals surface area contributed by atoms with E-state index in [0.717, 1.165) is 5.69 Å². The number of para-hydroxylation sites is 2. The van der Waals surface area contributed by atoms with E-state index in [9.17, 15) is 0 Å². The van der Waals surface area contributed by atoms with Crippen molar-refractivity contribution in [3.05, 3.63) is 217 Å². The monoisotopic (exact) mass is 752 g/mol. The van der Waals surface area contributed by atoms with Crippen molar-refractivity contribution >= 4 is 43.6 Å². The number of hydrogen-bond acceptors (Lipinski definition) is 0. The first-order chi connectivity index (χ1) is 29.0. The molecule has 0 aliphatic heterocycles. The van der Waals surface area contributed by atoms with Gasteiger partial charge in [-0.3, -0.25) is 0 Å². The summed E-state index contributed by atoms with van der Waals surface area (Å²) in [5.41, 5.74) is 19.9. The molecule has 0 radical (unpaired) electrons. The molecule has 2 heteroatoms. The first-order valence-electron chi connectivity index (χ1n) is 20.6. The molecule has 0 amide bonds. The molecular formula is C57H40N2. The van der Waals surface area contributed by atoms with Gasteiger partial charge in [0, 0.05) is 38.3 Å². The Morgan fingerprint density at radius 2 is 0.746 bits per heavy atom. The molecule has 0 saturated heterocycles. The van der Waals surface area contributed by atoms with Gasteiger partial charge in [-0.05, 0) is 116 Å². The highest BCUT2D eigenvalue weighted by atomic mass is 15.0. The molecule has 2 nitrogen and oxygen atoms in total. The lowest BCUT2D eigenvalue weighted by molar-refractivity contribution is 0.660. The maximum atomic E-state index is 2.45. The second-order valence-electron chi connectivity index (χ2n) is 16.6. The van der Waals surface area contributed by atoms with Crippen LogP contribution in [0.2, 0.25) is 0 Å². The van der Waals surface area contributed by atoms with Crippen LogP contribution < -0.4 is 0 Å². The van der Waals surface area contributed by atoms with Gasteiger partial charge < -0.3 is 9.13 Å². The molecule has 278 valence electrons. The van der Waals surface area contributed by atoms with Crippen LogP contribution in [-0.2, 0) is 5.41 Å². The van der Waals surface area contributed by atoms with Crippen LogP contribution in [-0.4, -0.2) is 9.13 Å². The Labute approximate surface area is 343 Å². The summed E-state index contributed by atoms with van der Waals surface area (Å²) in [6, 6.07) is 76.0. The van der Waals surface area contributed by atoms with E-state index in [0.29, 0.717) is 0 Å². The number of benzene rings is 9. The van der Waals surface area contributed by atoms with E-state index in [4.69, 9.17) is 0 Å². The minimum atomic E-state index is -0.0555. The van der Waals surface area contributed by atoms with E-state index in [1.165, 1.54) is 105 Å². The molecule has 0 atom stereocenters. The third kappa shape index (κ3) is 5.13. The third-order valence-corrected chi connectivity index (χ3v) is 12.9. The van der Waals surface area contributed by atoms with E-state index in [2.05, 4.69) is 229 Å². The predicted octanol–water partition coefficient (Wildman–Crippen LogP) is 15.2. The number of rotatable bonds is 5. The Morgan fingerprint density at radius 3 is 1.39 bits per heavy atom. The van der Waals surface area contributed by atoms with Gasteiger partial charge >= 0.3 is 0 Å². The van der Waals surface area contributed by atoms with E-state index >= 15 is 0 Å². The summed E-state index contributed by atoms with van der Waals surface area (Å²) < 4.78 is 4.85. The SMILES string of the molecule is CC1(C)c2ccccc2-c2ccc(-n3c4ccccc4c4cc(-c5ccc(-c6ccc7c(c6)c6ccccc6n7-c6cccc(-c7ccccc7)c6)cc5)ccc43)cc21. The molecule has 0 N–H and O–H groups in total. The topological polar surface area (TPSA) is 9.86 Å². The van der Waals surface area contributed by atoms with Crippen molar-refractivity contribution in [3.8, 4) is 55.9 Å². The number of aromatic nitrogens is 2. The molecule has 0 bridgehead atoms. The average Bonchev–Trinajstić information content (AvgIpc) is 3.89. The van der Waals surface area contributed by atoms with Gasteiger partial charge in [-0.25, -0.2) is 0 Å². The summed E-state index contributed by atoms with van der Waals surface area (Å²) in [5, 5.41) is 5.04. The smallest absolute Gasteiger partial charge is 0.0541 e. The van der Waals surface area contributed by atoms with Crippen molar-refractivity contribution < 1.29 is 0 Å². The highest BCUT2D eigenvalue weighted by Crippen LogP contribution is 2.49. The van der Waals surface area contributed by atoms with Crippen LogP contribution in [0, 0.1) is 0 Å². The molecule has 12 rings (SSSR count). The number of fused-ring (bicyclic) bond motifs is 9. The van der Waals surface area contributed by atoms with Gasteiger partial charge in [0.15, 0.2) is 0 Å². The van der Waals surface area contributed by atoms with Gasteiger partial charge in [-0.2, -0.15) is 0 Å². The standard InChI is InChI=1S/C57H40N2/c1-57(2)51-20-9-6-17-45(51)46-30-29-44(36-52(46)57)59-54-22-11-8-19-48(54)50-35-42(28-32-56(50)59)39-25-23-38(24-26-39)41-27-31-55-49(34-41)47-18-7-10-21-53(47)58(55)43-16-12-15-40(33-43)37-13-4-3-5-14-37/h3-36H,1-2H3. The van der Waals surface area contributed by atoms with E-state index in [1.807, 2.05) is 0 Å². The Balaban J connectivity index is 0.910. The lowest BCUT2D eigenvalue weighted by Gasteiger charge is -2.22. The van der Waals surface area contributed by atoms with Gasteiger partial charge in [0.25, 0.3) is 0 Å². The molecule has 0 spiro atoms. The highest BCUT2D eigenvalue weighted by Gasteiger charge is 2.35. The van der Waals surface area contributed by atoms with Crippen molar-refractivity contribution in [2.24, 2.45) is 0 Å². The molecule has 0 fully saturated rings. The lowest BCUT2D eigenvalue weighted by atomic mass is 9.82. The zero-order chi connectivity index (χ0) is 39.2. The largest absolute Gasteiger partial charge is 0.309 e. The van der Waals surface area contributed by atoms with Gasteiger partial charge in [0.2, 0.25) is 0 Å². The first-order valence-corrected chi connectivity index (χ1v) is 20.6. The molecule has 9 aromatic carbocycles. The van der Waals surface area contributed by atoms with Gasteiger partial charge in [0.05, 0.1) is 22.1 Å². The fourth-order valence-electron chi connectivity index (χ4n) is 10.0. The Kier molecular flexibility index (Phi) is 7.31. The maximum absolute atomic E-state index is 2.45. The fraction of sp³-hybridized carbons (Fsp3) is 0.0526. The lowest BCUT2D eigenvalue weighted by Crippen LogP contribution is -2.15. The summed E-state index contributed by atoms with van der Waals surface area (Å²) in [6.07, 6.45) is 0. The summed E-state index contributed by atoms with van der Waals surface area (Å²) >= 11 is 0. The van der Waals surface area contributed by atoms with Crippen molar-refractivity contribution in [1.29, 1.82) is 0 Å². The van der Waals surface area contributed by atoms with Crippen molar-refractivity contribution in [2.75, 3.05) is 0 Å². The quantitative estimate of drug-likeness (QED) is 0.166. The fourth-order valence-corrected chi connectivity index (χ4v) is 10.0. The summed E-state index contributed by atoms with van der Waals surface area (Å²) in [6.45, 7) is 4.71. The third-order valence-electron chi connectivity index (χ3n) is 12.9. The molecule has 2 aromatic heterocycles. The highest BCUT2D eigenvalue weighted by molar-refractivity contribution is 6.12. The van der Waals surface area contributed by atoms with Crippen molar-refractivity contribution in [2.45, 2.75) is 19.3 Å². The zero-order valence-electron chi connectivity index (χ0n) is 33.0. The molecule has 11 aromatic rings. The Bertz CT molecular complexity index is 3450. The van der Waals surface area contributed by atoms with Gasteiger partial charge in [-0.15, -0.1) is 0 Å². The summed E-state index contributed by atoms with van der Waals surface area (Å²) in [5.74, 6) is 0. The number of hydrogen-bond donors (Lipinski definition) is 0. The second-order valence-corrected chi connectivity index (χ2v) is 16.6. The van der Waals surface area contributed by atoms with Crippen LogP contribution in [0.3, 0.4) is 0 Å². The number of nitrogens with zero attached hydrogens (tertiary/aromatic N) is 2. The summed E-state index contributed by atoms with van der Waals surface area (Å²) in [7, 11) is 0. The van der Waals surface area contributed by atoms with E-state index in [-0.39, 0.29) is 5.41 Å². The molecule has 0 unspecified atom stereocenters. The van der Waals surface area contributed by atoms with Crippen LogP contribution in [0.4, 0.5) is 0 Å². The van der Waals surface area contributed by atoms with Crippen molar-refractivity contribution in [1.82, 2.24) is 9.13 Å². The van der Waals surface area contributed by atoms with E-state index in [1.54, 1.807) is 0 Å². The van der Waals surface area contributed by atoms with Crippen LogP contribution >= 0.6 is 0 Å². The minimum Gasteiger partial charge on any atom is -0.309 e. The Morgan fingerprint density at radius 1 is 0.288 bits per heavy atom. The molecular weight excluding hydrogens is 713 g/mol. The summed E-state index contributed by atoms with van der Waals surface area (Å²) in [4.78, 5) is 0. The van der Waals surface area contributed by atoms with Crippen LogP contribution in [0.1, 0.15) is 25.0 Å². The van der Waals surface area contributed by atoms with Crippen molar-refractivity contribution in [3.63, 3.8) is 0 Å². The van der Waals surface area contributed by atoms with Crippen LogP contribution in [0.25, 0.3) is 99.5 Å². The molecule has 59 heavy (non-hydrogen) atoms.